The first kappa shape index (κ1) is 17.5. The fourth-order valence-electron chi connectivity index (χ4n) is 3.64. The van der Waals surface area contributed by atoms with Crippen molar-refractivity contribution in [2.45, 2.75) is 18.4 Å². The Morgan fingerprint density at radius 1 is 1.15 bits per heavy atom. The highest BCUT2D eigenvalue weighted by atomic mass is 16.3. The van der Waals surface area contributed by atoms with E-state index in [9.17, 15) is 14.7 Å². The van der Waals surface area contributed by atoms with Gasteiger partial charge in [-0.1, -0.05) is 30.3 Å². The van der Waals surface area contributed by atoms with Crippen LogP contribution in [-0.2, 0) is 10.4 Å². The van der Waals surface area contributed by atoms with E-state index < -0.39 is 5.60 Å². The van der Waals surface area contributed by atoms with E-state index in [0.717, 1.165) is 12.1 Å². The highest BCUT2D eigenvalue weighted by Crippen LogP contribution is 2.31. The van der Waals surface area contributed by atoms with Crippen LogP contribution < -0.4 is 11.0 Å². The molecule has 0 unspecified atom stereocenters. The molecule has 4 N–H and O–H groups in total. The van der Waals surface area contributed by atoms with Crippen molar-refractivity contribution in [2.75, 3.05) is 25.0 Å². The summed E-state index contributed by atoms with van der Waals surface area (Å²) in [6.07, 6.45) is 1.00. The second-order valence-corrected chi connectivity index (χ2v) is 7.06. The van der Waals surface area contributed by atoms with Crippen LogP contribution in [0.4, 0.5) is 5.69 Å². The second kappa shape index (κ2) is 7.02. The number of anilines is 1. The monoisotopic (exact) mass is 366 g/mol. The summed E-state index contributed by atoms with van der Waals surface area (Å²) in [6, 6.07) is 14.9. The molecule has 4 rings (SSSR count). The SMILES string of the molecule is O=C(CCN1CC[C@@](O)(c2ccccc2)C1)Nc1ccc2[nH]c(=O)[nH]c2c1. The van der Waals surface area contributed by atoms with Crippen LogP contribution in [-0.4, -0.2) is 45.5 Å². The number of aliphatic hydroxyl groups is 1. The fourth-order valence-corrected chi connectivity index (χ4v) is 3.64. The van der Waals surface area contributed by atoms with E-state index in [-0.39, 0.29) is 11.6 Å². The van der Waals surface area contributed by atoms with Crippen LogP contribution in [0.3, 0.4) is 0 Å². The van der Waals surface area contributed by atoms with Gasteiger partial charge in [-0.15, -0.1) is 0 Å². The number of aromatic nitrogens is 2. The van der Waals surface area contributed by atoms with Crippen LogP contribution in [0, 0.1) is 0 Å². The molecule has 1 saturated heterocycles. The maximum absolute atomic E-state index is 12.3. The molecule has 0 spiro atoms. The van der Waals surface area contributed by atoms with Crippen LogP contribution in [0.1, 0.15) is 18.4 Å². The van der Waals surface area contributed by atoms with Gasteiger partial charge >= 0.3 is 5.69 Å². The summed E-state index contributed by atoms with van der Waals surface area (Å²) in [5, 5.41) is 13.7. The lowest BCUT2D eigenvalue weighted by molar-refractivity contribution is -0.116. The number of likely N-dealkylation sites (tertiary alicyclic amines) is 1. The summed E-state index contributed by atoms with van der Waals surface area (Å²) in [4.78, 5) is 31.0. The summed E-state index contributed by atoms with van der Waals surface area (Å²) in [5.41, 5.74) is 1.81. The second-order valence-electron chi connectivity index (χ2n) is 7.06. The maximum atomic E-state index is 12.3. The Morgan fingerprint density at radius 2 is 1.93 bits per heavy atom. The number of hydrogen-bond acceptors (Lipinski definition) is 4. The van der Waals surface area contributed by atoms with Crippen molar-refractivity contribution in [3.8, 4) is 0 Å². The number of H-pyrrole nitrogens is 2. The number of nitrogens with one attached hydrogen (secondary N) is 3. The van der Waals surface area contributed by atoms with Gasteiger partial charge in [-0.05, 0) is 30.2 Å². The van der Waals surface area contributed by atoms with Gasteiger partial charge in [0.15, 0.2) is 0 Å². The Balaban J connectivity index is 1.32. The molecule has 0 saturated carbocycles. The topological polar surface area (TPSA) is 101 Å². The lowest BCUT2D eigenvalue weighted by atomic mass is 9.93. The van der Waals surface area contributed by atoms with Gasteiger partial charge in [0, 0.05) is 31.7 Å². The van der Waals surface area contributed by atoms with Gasteiger partial charge in [-0.2, -0.15) is 0 Å². The molecule has 0 radical (unpaired) electrons. The molecule has 0 aliphatic carbocycles. The average molecular weight is 366 g/mol. The number of hydrogen-bond donors (Lipinski definition) is 4. The number of amides is 1. The average Bonchev–Trinajstić information content (AvgIpc) is 3.23. The Morgan fingerprint density at radius 3 is 2.74 bits per heavy atom. The molecule has 7 nitrogen and oxygen atoms in total. The van der Waals surface area contributed by atoms with Crippen LogP contribution in [0.15, 0.2) is 53.3 Å². The standard InChI is InChI=1S/C20H22N4O3/c25-18(21-15-6-7-16-17(12-15)23-19(26)22-16)8-10-24-11-9-20(27,13-24)14-4-2-1-3-5-14/h1-7,12,27H,8-11,13H2,(H,21,25)(H2,22,23,26)/t20-/m0/s1. The number of rotatable bonds is 5. The van der Waals surface area contributed by atoms with E-state index in [2.05, 4.69) is 20.2 Å². The molecule has 27 heavy (non-hydrogen) atoms. The molecule has 3 aromatic rings. The van der Waals surface area contributed by atoms with Gasteiger partial charge in [0.2, 0.25) is 5.91 Å². The quantitative estimate of drug-likeness (QED) is 0.553. The van der Waals surface area contributed by atoms with E-state index in [0.29, 0.717) is 42.7 Å². The minimum atomic E-state index is -0.844. The molecule has 1 aliphatic rings. The van der Waals surface area contributed by atoms with E-state index in [4.69, 9.17) is 0 Å². The third-order valence-corrected chi connectivity index (χ3v) is 5.09. The van der Waals surface area contributed by atoms with Crippen LogP contribution in [0.2, 0.25) is 0 Å². The van der Waals surface area contributed by atoms with E-state index in [1.807, 2.05) is 30.3 Å². The Labute approximate surface area is 156 Å². The third kappa shape index (κ3) is 3.79. The first-order valence-corrected chi connectivity index (χ1v) is 9.04. The molecule has 1 aromatic heterocycles. The van der Waals surface area contributed by atoms with Crippen molar-refractivity contribution in [3.63, 3.8) is 0 Å². The van der Waals surface area contributed by atoms with Crippen molar-refractivity contribution in [1.82, 2.24) is 14.9 Å². The largest absolute Gasteiger partial charge is 0.384 e. The lowest BCUT2D eigenvalue weighted by Crippen LogP contribution is -2.32. The first-order chi connectivity index (χ1) is 13.0. The lowest BCUT2D eigenvalue weighted by Gasteiger charge is -2.24. The molecule has 7 heteroatoms. The number of imidazole rings is 1. The molecule has 1 fully saturated rings. The smallest absolute Gasteiger partial charge is 0.323 e. The Bertz CT molecular complexity index is 1010. The van der Waals surface area contributed by atoms with Gasteiger partial charge in [-0.25, -0.2) is 4.79 Å². The van der Waals surface area contributed by atoms with Gasteiger partial charge in [-0.3, -0.25) is 9.69 Å². The van der Waals surface area contributed by atoms with Crippen molar-refractivity contribution in [2.24, 2.45) is 0 Å². The zero-order valence-corrected chi connectivity index (χ0v) is 14.9. The molecular weight excluding hydrogens is 344 g/mol. The molecule has 1 aliphatic heterocycles. The summed E-state index contributed by atoms with van der Waals surface area (Å²) in [5.74, 6) is -0.0950. The molecular formula is C20H22N4O3. The van der Waals surface area contributed by atoms with Gasteiger partial charge in [0.1, 0.15) is 5.60 Å². The van der Waals surface area contributed by atoms with Crippen LogP contribution in [0.25, 0.3) is 11.0 Å². The normalized spacial score (nSPS) is 20.2. The van der Waals surface area contributed by atoms with Gasteiger partial charge in [0.05, 0.1) is 11.0 Å². The Hall–Kier alpha value is -2.90. The number of nitrogens with zero attached hydrogens (tertiary/aromatic N) is 1. The summed E-state index contributed by atoms with van der Waals surface area (Å²) >= 11 is 0. The van der Waals surface area contributed by atoms with Gasteiger partial charge < -0.3 is 20.4 Å². The van der Waals surface area contributed by atoms with Crippen LogP contribution in [0.5, 0.6) is 0 Å². The van der Waals surface area contributed by atoms with Crippen molar-refractivity contribution < 1.29 is 9.90 Å². The Kier molecular flexibility index (Phi) is 4.55. The minimum absolute atomic E-state index is 0.0950. The number of fused-ring (bicyclic) bond motifs is 1. The maximum Gasteiger partial charge on any atom is 0.323 e. The predicted octanol–water partition coefficient (Wildman–Crippen LogP) is 1.78. The fraction of sp³-hybridized carbons (Fsp3) is 0.300. The van der Waals surface area contributed by atoms with Crippen molar-refractivity contribution >= 4 is 22.6 Å². The van der Waals surface area contributed by atoms with Crippen molar-refractivity contribution in [1.29, 1.82) is 0 Å². The summed E-state index contributed by atoms with van der Waals surface area (Å²) in [6.45, 7) is 1.88. The minimum Gasteiger partial charge on any atom is -0.384 e. The zero-order valence-electron chi connectivity index (χ0n) is 14.9. The molecule has 0 bridgehead atoms. The van der Waals surface area contributed by atoms with Crippen LogP contribution >= 0.6 is 0 Å². The molecule has 1 atom stereocenters. The van der Waals surface area contributed by atoms with E-state index in [1.54, 1.807) is 18.2 Å². The molecule has 2 aromatic carbocycles. The molecule has 1 amide bonds. The van der Waals surface area contributed by atoms with E-state index in [1.165, 1.54) is 0 Å². The third-order valence-electron chi connectivity index (χ3n) is 5.09. The summed E-state index contributed by atoms with van der Waals surface area (Å²) < 4.78 is 0. The molecule has 140 valence electrons. The first-order valence-electron chi connectivity index (χ1n) is 9.04. The highest BCUT2D eigenvalue weighted by molar-refractivity contribution is 5.93. The number of carbonyl (C=O) groups is 1. The zero-order chi connectivity index (χ0) is 18.9. The number of benzene rings is 2. The van der Waals surface area contributed by atoms with Crippen molar-refractivity contribution in [3.05, 3.63) is 64.6 Å². The number of aromatic amines is 2. The number of carbonyl (C=O) groups excluding carboxylic acids is 1. The summed E-state index contributed by atoms with van der Waals surface area (Å²) in [7, 11) is 0. The highest BCUT2D eigenvalue weighted by Gasteiger charge is 2.37. The number of β-amino-alcohol motifs (C(OH)–C–C–N with tert-alkyl or cyclic N) is 1. The van der Waals surface area contributed by atoms with Gasteiger partial charge in [0.25, 0.3) is 0 Å². The predicted molar refractivity (Wildman–Crippen MR) is 104 cm³/mol. The van der Waals surface area contributed by atoms with E-state index >= 15 is 0 Å². The molecule has 2 heterocycles.